The number of methoxy groups -OCH3 is 1. The second kappa shape index (κ2) is 9.19. The lowest BCUT2D eigenvalue weighted by Crippen LogP contribution is -2.38. The molecule has 1 aliphatic rings. The molecule has 6 nitrogen and oxygen atoms in total. The van der Waals surface area contributed by atoms with Gasteiger partial charge in [0.2, 0.25) is 11.8 Å². The Labute approximate surface area is 170 Å². The largest absolute Gasteiger partial charge is 0.481 e. The normalized spacial score (nSPS) is 16.7. The van der Waals surface area contributed by atoms with Crippen LogP contribution in [0.1, 0.15) is 31.7 Å². The number of ether oxygens (including phenoxy) is 1. The fourth-order valence-electron chi connectivity index (χ4n) is 3.09. The molecule has 8 heteroatoms. The van der Waals surface area contributed by atoms with E-state index in [0.717, 1.165) is 24.3 Å². The van der Waals surface area contributed by atoms with Gasteiger partial charge >= 0.3 is 0 Å². The number of benzene rings is 1. The number of hydrogen-bond acceptors (Lipinski definition) is 5. The molecule has 27 heavy (non-hydrogen) atoms. The van der Waals surface area contributed by atoms with E-state index < -0.39 is 0 Å². The summed E-state index contributed by atoms with van der Waals surface area (Å²) >= 11 is 11.3. The van der Waals surface area contributed by atoms with Gasteiger partial charge in [-0.15, -0.1) is 0 Å². The number of nitrogens with zero attached hydrogens (tertiary/aromatic N) is 3. The van der Waals surface area contributed by atoms with Gasteiger partial charge in [0.15, 0.2) is 5.11 Å². The van der Waals surface area contributed by atoms with Gasteiger partial charge in [0.1, 0.15) is 5.82 Å². The maximum atomic E-state index is 5.91. The lowest BCUT2D eigenvalue weighted by molar-refractivity contribution is 0.396. The predicted molar refractivity (Wildman–Crippen MR) is 114 cm³/mol. The van der Waals surface area contributed by atoms with Gasteiger partial charge in [-0.1, -0.05) is 23.7 Å². The standard InChI is InChI=1S/C19H24ClN5OS/c1-13-5-3-4-10-25(13)16-11-17(26-2)23-18(22-16)24-19(27)21-12-14-6-8-15(20)9-7-14/h6-9,11,13H,3-5,10,12H2,1-2H3,(H2,21,22,23,24,27)/t13-/m1/s1. The van der Waals surface area contributed by atoms with E-state index in [0.29, 0.717) is 34.5 Å². The highest BCUT2D eigenvalue weighted by molar-refractivity contribution is 7.80. The zero-order valence-corrected chi connectivity index (χ0v) is 17.1. The molecule has 144 valence electrons. The molecule has 0 amide bonds. The summed E-state index contributed by atoms with van der Waals surface area (Å²) in [5.41, 5.74) is 1.08. The molecule has 1 aromatic carbocycles. The molecule has 0 aliphatic carbocycles. The van der Waals surface area contributed by atoms with Crippen molar-refractivity contribution < 1.29 is 4.74 Å². The Hall–Kier alpha value is -2.12. The molecule has 2 heterocycles. The van der Waals surface area contributed by atoms with Crippen molar-refractivity contribution in [3.63, 3.8) is 0 Å². The fourth-order valence-corrected chi connectivity index (χ4v) is 3.38. The minimum absolute atomic E-state index is 0.427. The third-order valence-corrected chi connectivity index (χ3v) is 5.09. The molecule has 0 saturated carbocycles. The van der Waals surface area contributed by atoms with E-state index in [9.17, 15) is 0 Å². The lowest BCUT2D eigenvalue weighted by Gasteiger charge is -2.34. The van der Waals surface area contributed by atoms with E-state index in [-0.39, 0.29) is 0 Å². The third-order valence-electron chi connectivity index (χ3n) is 4.59. The maximum absolute atomic E-state index is 5.91. The maximum Gasteiger partial charge on any atom is 0.234 e. The highest BCUT2D eigenvalue weighted by Crippen LogP contribution is 2.26. The van der Waals surface area contributed by atoms with Crippen molar-refractivity contribution in [2.24, 2.45) is 0 Å². The van der Waals surface area contributed by atoms with Gasteiger partial charge in [0.25, 0.3) is 0 Å². The number of aromatic nitrogens is 2. The monoisotopic (exact) mass is 405 g/mol. The van der Waals surface area contributed by atoms with Crippen LogP contribution >= 0.6 is 23.8 Å². The minimum Gasteiger partial charge on any atom is -0.481 e. The van der Waals surface area contributed by atoms with Crippen molar-refractivity contribution in [1.29, 1.82) is 0 Å². The Bertz CT molecular complexity index is 786. The van der Waals surface area contributed by atoms with Crippen LogP contribution in [0, 0.1) is 0 Å². The second-order valence-corrected chi connectivity index (χ2v) is 7.41. The Morgan fingerprint density at radius 2 is 2.07 bits per heavy atom. The Kier molecular flexibility index (Phi) is 6.68. The van der Waals surface area contributed by atoms with Crippen LogP contribution in [-0.4, -0.2) is 34.8 Å². The quantitative estimate of drug-likeness (QED) is 0.729. The summed E-state index contributed by atoms with van der Waals surface area (Å²) < 4.78 is 5.35. The van der Waals surface area contributed by atoms with Gasteiger partial charge in [0, 0.05) is 30.2 Å². The van der Waals surface area contributed by atoms with Crippen LogP contribution in [0.15, 0.2) is 30.3 Å². The molecule has 1 aliphatic heterocycles. The minimum atomic E-state index is 0.427. The summed E-state index contributed by atoms with van der Waals surface area (Å²) in [6.45, 7) is 3.79. The Morgan fingerprint density at radius 1 is 1.30 bits per heavy atom. The molecule has 1 fully saturated rings. The summed E-state index contributed by atoms with van der Waals surface area (Å²) in [5, 5.41) is 7.38. The summed E-state index contributed by atoms with van der Waals surface area (Å²) in [4.78, 5) is 11.3. The molecule has 3 rings (SSSR count). The number of thiocarbonyl (C=S) groups is 1. The van der Waals surface area contributed by atoms with Crippen LogP contribution in [0.5, 0.6) is 5.88 Å². The van der Waals surface area contributed by atoms with Crippen molar-refractivity contribution in [2.45, 2.75) is 38.8 Å². The van der Waals surface area contributed by atoms with E-state index in [1.54, 1.807) is 7.11 Å². The topological polar surface area (TPSA) is 62.3 Å². The second-order valence-electron chi connectivity index (χ2n) is 6.56. The van der Waals surface area contributed by atoms with E-state index in [4.69, 9.17) is 28.6 Å². The molecule has 0 radical (unpaired) electrons. The van der Waals surface area contributed by atoms with Gasteiger partial charge in [-0.25, -0.2) is 0 Å². The van der Waals surface area contributed by atoms with Crippen molar-refractivity contribution in [2.75, 3.05) is 23.9 Å². The molecule has 2 N–H and O–H groups in total. The summed E-state index contributed by atoms with van der Waals surface area (Å²) in [7, 11) is 1.60. The summed E-state index contributed by atoms with van der Waals surface area (Å²) in [6.07, 6.45) is 3.58. The first-order chi connectivity index (χ1) is 13.0. The number of nitrogens with one attached hydrogen (secondary N) is 2. The van der Waals surface area contributed by atoms with Crippen LogP contribution in [0.4, 0.5) is 11.8 Å². The number of halogens is 1. The number of anilines is 2. The van der Waals surface area contributed by atoms with Crippen LogP contribution in [0.2, 0.25) is 5.02 Å². The highest BCUT2D eigenvalue weighted by atomic mass is 35.5. The zero-order chi connectivity index (χ0) is 19.2. The first-order valence-corrected chi connectivity index (χ1v) is 9.83. The number of piperidine rings is 1. The van der Waals surface area contributed by atoms with E-state index in [1.807, 2.05) is 30.3 Å². The molecule has 1 saturated heterocycles. The average Bonchev–Trinajstić information content (AvgIpc) is 2.67. The van der Waals surface area contributed by atoms with Crippen molar-refractivity contribution >= 4 is 40.7 Å². The molecule has 0 bridgehead atoms. The molecule has 1 atom stereocenters. The van der Waals surface area contributed by atoms with E-state index >= 15 is 0 Å². The van der Waals surface area contributed by atoms with Gasteiger partial charge in [-0.05, 0) is 56.1 Å². The SMILES string of the molecule is COc1cc(N2CCCC[C@H]2C)nc(NC(=S)NCc2ccc(Cl)cc2)n1. The van der Waals surface area contributed by atoms with Gasteiger partial charge < -0.3 is 20.3 Å². The van der Waals surface area contributed by atoms with Crippen LogP contribution in [0.25, 0.3) is 0 Å². The Balaban J connectivity index is 1.67. The number of rotatable bonds is 5. The number of hydrogen-bond donors (Lipinski definition) is 2. The van der Waals surface area contributed by atoms with Gasteiger partial charge in [-0.3, -0.25) is 0 Å². The lowest BCUT2D eigenvalue weighted by atomic mass is 10.0. The first-order valence-electron chi connectivity index (χ1n) is 9.04. The van der Waals surface area contributed by atoms with Gasteiger partial charge in [0.05, 0.1) is 7.11 Å². The third kappa shape index (κ3) is 5.43. The van der Waals surface area contributed by atoms with Crippen molar-refractivity contribution in [1.82, 2.24) is 15.3 Å². The smallest absolute Gasteiger partial charge is 0.234 e. The van der Waals surface area contributed by atoms with Crippen LogP contribution < -0.4 is 20.3 Å². The molecule has 0 unspecified atom stereocenters. The van der Waals surface area contributed by atoms with Crippen molar-refractivity contribution in [3.8, 4) is 5.88 Å². The average molecular weight is 406 g/mol. The van der Waals surface area contributed by atoms with Gasteiger partial charge in [-0.2, -0.15) is 9.97 Å². The molecule has 1 aromatic heterocycles. The Morgan fingerprint density at radius 3 is 2.78 bits per heavy atom. The zero-order valence-electron chi connectivity index (χ0n) is 15.5. The van der Waals surface area contributed by atoms with Crippen molar-refractivity contribution in [3.05, 3.63) is 40.9 Å². The fraction of sp³-hybridized carbons (Fsp3) is 0.421. The summed E-state index contributed by atoms with van der Waals surface area (Å²) in [5.74, 6) is 1.80. The molecule has 2 aromatic rings. The predicted octanol–water partition coefficient (Wildman–Crippen LogP) is 4.00. The highest BCUT2D eigenvalue weighted by Gasteiger charge is 2.21. The van der Waals surface area contributed by atoms with Crippen LogP contribution in [0.3, 0.4) is 0 Å². The van der Waals surface area contributed by atoms with Crippen LogP contribution in [-0.2, 0) is 6.54 Å². The van der Waals surface area contributed by atoms with E-state index in [1.165, 1.54) is 12.8 Å². The van der Waals surface area contributed by atoms with E-state index in [2.05, 4.69) is 32.4 Å². The molecule has 0 spiro atoms. The molecular formula is C19H24ClN5OS. The molecular weight excluding hydrogens is 382 g/mol. The summed E-state index contributed by atoms with van der Waals surface area (Å²) in [6, 6.07) is 9.93. The first kappa shape index (κ1) is 19.6.